The van der Waals surface area contributed by atoms with Gasteiger partial charge in [-0.15, -0.1) is 0 Å². The molecule has 1 saturated carbocycles. The molecule has 4 N–H and O–H groups in total. The number of hydrogen-bond donors (Lipinski definition) is 4. The fraction of sp³-hybridized carbons (Fsp3) is 0.579. The lowest BCUT2D eigenvalue weighted by Crippen LogP contribution is -2.45. The van der Waals surface area contributed by atoms with Crippen LogP contribution in [0.2, 0.25) is 0 Å². The second kappa shape index (κ2) is 10.8. The third-order valence-electron chi connectivity index (χ3n) is 4.36. The van der Waals surface area contributed by atoms with E-state index >= 15 is 0 Å². The molecule has 1 amide bonds. The van der Waals surface area contributed by atoms with Crippen molar-refractivity contribution in [3.05, 3.63) is 35.6 Å². The Morgan fingerprint density at radius 1 is 1.19 bits per heavy atom. The summed E-state index contributed by atoms with van der Waals surface area (Å²) in [5.41, 5.74) is 0.780. The van der Waals surface area contributed by atoms with Gasteiger partial charge in [0.1, 0.15) is 5.82 Å². The zero-order valence-corrected chi connectivity index (χ0v) is 15.3. The summed E-state index contributed by atoms with van der Waals surface area (Å²) in [5, 5.41) is 19.0. The first-order chi connectivity index (χ1) is 12.6. The molecule has 6 nitrogen and oxygen atoms in total. The zero-order chi connectivity index (χ0) is 18.8. The summed E-state index contributed by atoms with van der Waals surface area (Å²) in [6, 6.07) is 6.25. The van der Waals surface area contributed by atoms with Crippen LogP contribution in [-0.4, -0.2) is 48.8 Å². The van der Waals surface area contributed by atoms with E-state index in [-0.39, 0.29) is 24.2 Å². The lowest BCUT2D eigenvalue weighted by molar-refractivity contribution is -0.120. The Morgan fingerprint density at radius 2 is 1.88 bits per heavy atom. The van der Waals surface area contributed by atoms with E-state index in [1.54, 1.807) is 12.1 Å². The minimum atomic E-state index is -0.306. The highest BCUT2D eigenvalue weighted by Gasteiger charge is 2.19. The van der Waals surface area contributed by atoms with E-state index in [1.807, 2.05) is 6.92 Å². The largest absolute Gasteiger partial charge is 0.393 e. The Hall–Kier alpha value is -2.15. The molecule has 0 aliphatic heterocycles. The minimum Gasteiger partial charge on any atom is -0.393 e. The Labute approximate surface area is 154 Å². The van der Waals surface area contributed by atoms with Crippen LogP contribution in [0.4, 0.5) is 4.39 Å². The van der Waals surface area contributed by atoms with Gasteiger partial charge in [-0.2, -0.15) is 0 Å². The van der Waals surface area contributed by atoms with Crippen molar-refractivity contribution in [3.63, 3.8) is 0 Å². The molecule has 1 aromatic rings. The fourth-order valence-corrected chi connectivity index (χ4v) is 2.95. The molecule has 144 valence electrons. The van der Waals surface area contributed by atoms with Gasteiger partial charge in [0.2, 0.25) is 5.91 Å². The van der Waals surface area contributed by atoms with Crippen LogP contribution in [0.25, 0.3) is 0 Å². The third-order valence-corrected chi connectivity index (χ3v) is 4.36. The number of benzene rings is 1. The lowest BCUT2D eigenvalue weighted by atomic mass is 9.93. The minimum absolute atomic E-state index is 0.106. The van der Waals surface area contributed by atoms with Crippen molar-refractivity contribution < 1.29 is 14.3 Å². The van der Waals surface area contributed by atoms with Crippen LogP contribution < -0.4 is 16.0 Å². The molecular weight excluding hydrogens is 335 g/mol. The molecule has 26 heavy (non-hydrogen) atoms. The van der Waals surface area contributed by atoms with E-state index < -0.39 is 0 Å². The Kier molecular flexibility index (Phi) is 8.34. The van der Waals surface area contributed by atoms with Gasteiger partial charge in [-0.25, -0.2) is 4.39 Å². The Bertz CT molecular complexity index is 584. The number of rotatable bonds is 7. The number of guanidine groups is 1. The number of aliphatic hydroxyl groups excluding tert-OH is 1. The van der Waals surface area contributed by atoms with Crippen LogP contribution in [-0.2, 0) is 11.2 Å². The third kappa shape index (κ3) is 7.39. The van der Waals surface area contributed by atoms with Crippen molar-refractivity contribution in [1.82, 2.24) is 16.0 Å². The van der Waals surface area contributed by atoms with Crippen molar-refractivity contribution in [1.29, 1.82) is 0 Å². The molecule has 0 saturated heterocycles. The van der Waals surface area contributed by atoms with Crippen molar-refractivity contribution in [2.75, 3.05) is 19.6 Å². The van der Waals surface area contributed by atoms with Gasteiger partial charge in [0.25, 0.3) is 0 Å². The first-order valence-corrected chi connectivity index (χ1v) is 9.31. The molecule has 1 aromatic carbocycles. The first kappa shape index (κ1) is 20.2. The van der Waals surface area contributed by atoms with Gasteiger partial charge in [-0.1, -0.05) is 12.1 Å². The van der Waals surface area contributed by atoms with Crippen molar-refractivity contribution in [2.24, 2.45) is 4.99 Å². The maximum absolute atomic E-state index is 12.9. The number of halogens is 1. The topological polar surface area (TPSA) is 85.8 Å². The lowest BCUT2D eigenvalue weighted by Gasteiger charge is -2.27. The summed E-state index contributed by atoms with van der Waals surface area (Å²) in [6.45, 7) is 3.68. The van der Waals surface area contributed by atoms with E-state index in [0.717, 1.165) is 43.8 Å². The molecule has 0 bridgehead atoms. The Balaban J connectivity index is 1.71. The highest BCUT2D eigenvalue weighted by molar-refractivity contribution is 5.80. The summed E-state index contributed by atoms with van der Waals surface area (Å²) in [6.07, 6.45) is 3.54. The van der Waals surface area contributed by atoms with Crippen LogP contribution in [0, 0.1) is 5.82 Å². The first-order valence-electron chi connectivity index (χ1n) is 9.31. The van der Waals surface area contributed by atoms with Gasteiger partial charge in [-0.05, 0) is 50.3 Å². The standard InChI is InChI=1S/C19H29FN4O2/c1-2-21-19(24-16-7-9-17(25)10-8-16)23-12-11-22-18(26)13-14-3-5-15(20)6-4-14/h3-6,16-17,25H,2,7-13H2,1H3,(H,22,26)(H2,21,23,24). The van der Waals surface area contributed by atoms with Crippen LogP contribution in [0.3, 0.4) is 0 Å². The predicted octanol–water partition coefficient (Wildman–Crippen LogP) is 1.34. The SMILES string of the molecule is CCNC(=NCCNC(=O)Cc1ccc(F)cc1)NC1CCC(O)CC1. The number of amides is 1. The number of nitrogens with zero attached hydrogens (tertiary/aromatic N) is 1. The summed E-state index contributed by atoms with van der Waals surface area (Å²) in [7, 11) is 0. The number of aliphatic imine (C=N–C) groups is 1. The van der Waals surface area contributed by atoms with Crippen molar-refractivity contribution >= 4 is 11.9 Å². The maximum atomic E-state index is 12.9. The van der Waals surface area contributed by atoms with E-state index in [0.29, 0.717) is 19.1 Å². The second-order valence-electron chi connectivity index (χ2n) is 6.56. The van der Waals surface area contributed by atoms with E-state index in [9.17, 15) is 14.3 Å². The predicted molar refractivity (Wildman–Crippen MR) is 100 cm³/mol. The molecular formula is C19H29FN4O2. The molecule has 0 unspecified atom stereocenters. The average Bonchev–Trinajstić information content (AvgIpc) is 2.63. The number of aliphatic hydroxyl groups is 1. The van der Waals surface area contributed by atoms with Crippen LogP contribution in [0.15, 0.2) is 29.3 Å². The second-order valence-corrected chi connectivity index (χ2v) is 6.56. The van der Waals surface area contributed by atoms with Gasteiger partial charge in [0.15, 0.2) is 5.96 Å². The molecule has 2 rings (SSSR count). The summed E-state index contributed by atoms with van der Waals surface area (Å²) < 4.78 is 12.9. The summed E-state index contributed by atoms with van der Waals surface area (Å²) >= 11 is 0. The average molecular weight is 364 g/mol. The fourth-order valence-electron chi connectivity index (χ4n) is 2.95. The van der Waals surface area contributed by atoms with Crippen LogP contribution >= 0.6 is 0 Å². The number of carbonyl (C=O) groups is 1. The highest BCUT2D eigenvalue weighted by atomic mass is 19.1. The van der Waals surface area contributed by atoms with Crippen molar-refractivity contribution in [2.45, 2.75) is 51.2 Å². The molecule has 0 spiro atoms. The number of hydrogen-bond acceptors (Lipinski definition) is 3. The molecule has 1 aliphatic rings. The Morgan fingerprint density at radius 3 is 2.54 bits per heavy atom. The van der Waals surface area contributed by atoms with E-state index in [1.165, 1.54) is 12.1 Å². The van der Waals surface area contributed by atoms with Gasteiger partial charge < -0.3 is 21.1 Å². The van der Waals surface area contributed by atoms with Crippen LogP contribution in [0.1, 0.15) is 38.2 Å². The van der Waals surface area contributed by atoms with Gasteiger partial charge in [-0.3, -0.25) is 9.79 Å². The van der Waals surface area contributed by atoms with E-state index in [2.05, 4.69) is 20.9 Å². The molecule has 1 fully saturated rings. The zero-order valence-electron chi connectivity index (χ0n) is 15.3. The highest BCUT2D eigenvalue weighted by Crippen LogP contribution is 2.18. The monoisotopic (exact) mass is 364 g/mol. The van der Waals surface area contributed by atoms with Crippen LogP contribution in [0.5, 0.6) is 0 Å². The molecule has 7 heteroatoms. The molecule has 0 atom stereocenters. The molecule has 0 heterocycles. The van der Waals surface area contributed by atoms with Gasteiger partial charge in [0.05, 0.1) is 19.1 Å². The summed E-state index contributed by atoms with van der Waals surface area (Å²) in [4.78, 5) is 16.4. The quantitative estimate of drug-likeness (QED) is 0.334. The van der Waals surface area contributed by atoms with Crippen molar-refractivity contribution in [3.8, 4) is 0 Å². The molecule has 1 aliphatic carbocycles. The number of nitrogens with one attached hydrogen (secondary N) is 3. The number of carbonyl (C=O) groups excluding carboxylic acids is 1. The normalized spacial score (nSPS) is 20.5. The van der Waals surface area contributed by atoms with Gasteiger partial charge >= 0.3 is 0 Å². The van der Waals surface area contributed by atoms with Gasteiger partial charge in [0, 0.05) is 19.1 Å². The van der Waals surface area contributed by atoms with E-state index in [4.69, 9.17) is 0 Å². The smallest absolute Gasteiger partial charge is 0.224 e. The maximum Gasteiger partial charge on any atom is 0.224 e. The molecule has 0 radical (unpaired) electrons. The summed E-state index contributed by atoms with van der Waals surface area (Å²) in [5.74, 6) is 0.326. The molecule has 0 aromatic heterocycles.